The van der Waals surface area contributed by atoms with E-state index in [-0.39, 0.29) is 18.4 Å². The number of hydrogen-bond donors (Lipinski definition) is 5. The van der Waals surface area contributed by atoms with Crippen LogP contribution in [0.25, 0.3) is 0 Å². The van der Waals surface area contributed by atoms with Crippen molar-refractivity contribution >= 4 is 23.7 Å². The Balaban J connectivity index is 4.75. The molecule has 0 saturated heterocycles. The van der Waals surface area contributed by atoms with Gasteiger partial charge >= 0.3 is 5.97 Å². The Morgan fingerprint density at radius 3 is 1.96 bits per heavy atom. The third kappa shape index (κ3) is 8.48. The number of aliphatic carboxylic acids is 1. The van der Waals surface area contributed by atoms with Crippen molar-refractivity contribution in [3.05, 3.63) is 0 Å². The van der Waals surface area contributed by atoms with Crippen molar-refractivity contribution in [2.75, 3.05) is 13.1 Å². The Bertz CT molecular complexity index is 483. The van der Waals surface area contributed by atoms with E-state index >= 15 is 0 Å². The molecule has 0 aromatic rings. The number of carboxylic acid groups (broad SMARTS) is 1. The van der Waals surface area contributed by atoms with Gasteiger partial charge in [0.15, 0.2) is 0 Å². The molecule has 0 fully saturated rings. The van der Waals surface area contributed by atoms with Crippen molar-refractivity contribution in [1.82, 2.24) is 16.0 Å². The van der Waals surface area contributed by atoms with Crippen LogP contribution in [-0.4, -0.2) is 54.0 Å². The summed E-state index contributed by atoms with van der Waals surface area (Å²) in [6, 6.07) is -1.54. The molecular weight excluding hydrogens is 328 g/mol. The predicted molar refractivity (Wildman–Crippen MR) is 92.5 cm³/mol. The second-order valence-corrected chi connectivity index (χ2v) is 6.17. The zero-order valence-corrected chi connectivity index (χ0v) is 15.3. The van der Waals surface area contributed by atoms with Gasteiger partial charge in [-0.1, -0.05) is 40.5 Å². The van der Waals surface area contributed by atoms with Gasteiger partial charge in [-0.25, -0.2) is 0 Å². The van der Waals surface area contributed by atoms with E-state index in [0.29, 0.717) is 6.42 Å². The van der Waals surface area contributed by atoms with Crippen LogP contribution in [0.5, 0.6) is 0 Å². The van der Waals surface area contributed by atoms with Crippen LogP contribution in [-0.2, 0) is 19.2 Å². The van der Waals surface area contributed by atoms with Crippen LogP contribution in [0.3, 0.4) is 0 Å². The molecule has 25 heavy (non-hydrogen) atoms. The van der Waals surface area contributed by atoms with Crippen LogP contribution in [0.2, 0.25) is 0 Å². The minimum absolute atomic E-state index is 0.0255. The maximum absolute atomic E-state index is 12.3. The molecule has 0 spiro atoms. The molecule has 9 nitrogen and oxygen atoms in total. The van der Waals surface area contributed by atoms with Gasteiger partial charge in [-0.2, -0.15) is 0 Å². The summed E-state index contributed by atoms with van der Waals surface area (Å²) in [7, 11) is 0. The van der Waals surface area contributed by atoms with E-state index in [9.17, 15) is 19.2 Å². The average molecular weight is 358 g/mol. The fourth-order valence-corrected chi connectivity index (χ4v) is 1.98. The Morgan fingerprint density at radius 2 is 1.48 bits per heavy atom. The minimum Gasteiger partial charge on any atom is -0.480 e. The highest BCUT2D eigenvalue weighted by Gasteiger charge is 2.29. The van der Waals surface area contributed by atoms with Crippen molar-refractivity contribution in [3.63, 3.8) is 0 Å². The molecule has 0 rings (SSSR count). The lowest BCUT2D eigenvalue weighted by Gasteiger charge is -2.26. The van der Waals surface area contributed by atoms with Gasteiger partial charge in [0.05, 0.1) is 12.6 Å². The third-order valence-electron chi connectivity index (χ3n) is 4.21. The maximum atomic E-state index is 12.3. The molecule has 0 bridgehead atoms. The van der Waals surface area contributed by atoms with Gasteiger partial charge in [0.2, 0.25) is 17.7 Å². The van der Waals surface area contributed by atoms with Crippen LogP contribution < -0.4 is 21.7 Å². The van der Waals surface area contributed by atoms with Gasteiger partial charge in [0.25, 0.3) is 0 Å². The quantitative estimate of drug-likeness (QED) is 0.326. The van der Waals surface area contributed by atoms with Crippen LogP contribution >= 0.6 is 0 Å². The fraction of sp³-hybridized carbons (Fsp3) is 0.750. The molecule has 4 atom stereocenters. The van der Waals surface area contributed by atoms with Crippen LogP contribution in [0.1, 0.15) is 40.5 Å². The van der Waals surface area contributed by atoms with Gasteiger partial charge < -0.3 is 26.8 Å². The molecule has 0 aromatic carbocycles. The highest BCUT2D eigenvalue weighted by Crippen LogP contribution is 2.10. The molecule has 0 heterocycles. The Hall–Kier alpha value is -2.16. The summed E-state index contributed by atoms with van der Waals surface area (Å²) in [5.41, 5.74) is 5.89. The summed E-state index contributed by atoms with van der Waals surface area (Å²) in [5, 5.41) is 15.7. The highest BCUT2D eigenvalue weighted by atomic mass is 16.4. The van der Waals surface area contributed by atoms with E-state index in [2.05, 4.69) is 16.0 Å². The highest BCUT2D eigenvalue weighted by molar-refractivity contribution is 5.92. The minimum atomic E-state index is -1.18. The molecule has 0 aliphatic rings. The molecule has 0 aliphatic carbocycles. The Morgan fingerprint density at radius 1 is 0.920 bits per heavy atom. The summed E-state index contributed by atoms with van der Waals surface area (Å²) < 4.78 is 0. The average Bonchev–Trinajstić information content (AvgIpc) is 2.59. The maximum Gasteiger partial charge on any atom is 0.322 e. The van der Waals surface area contributed by atoms with Gasteiger partial charge in [-0.15, -0.1) is 0 Å². The summed E-state index contributed by atoms with van der Waals surface area (Å²) >= 11 is 0. The van der Waals surface area contributed by atoms with Gasteiger partial charge in [-0.05, 0) is 11.8 Å². The molecule has 0 aliphatic heterocycles. The standard InChI is InChI=1S/C16H30N4O5/c1-5-9(3)13(17)15(24)20-14(10(4)6-2)16(25)19-7-11(21)18-8-12(22)23/h9-10,13-14H,5-8,17H2,1-4H3,(H,18,21)(H,19,25)(H,20,24)(H,22,23)/t9-,10-,13-,14-/m0/s1. The third-order valence-corrected chi connectivity index (χ3v) is 4.21. The first-order valence-electron chi connectivity index (χ1n) is 8.46. The molecule has 0 radical (unpaired) electrons. The molecule has 144 valence electrons. The summed E-state index contributed by atoms with van der Waals surface area (Å²) in [5.74, 6) is -2.91. The van der Waals surface area contributed by atoms with Crippen LogP contribution in [0.15, 0.2) is 0 Å². The topological polar surface area (TPSA) is 151 Å². The molecule has 0 aromatic heterocycles. The normalized spacial score (nSPS) is 15.4. The summed E-state index contributed by atoms with van der Waals surface area (Å²) in [6.45, 7) is 6.58. The second kappa shape index (κ2) is 11.4. The van der Waals surface area contributed by atoms with Crippen molar-refractivity contribution in [2.45, 2.75) is 52.6 Å². The van der Waals surface area contributed by atoms with E-state index in [1.54, 1.807) is 0 Å². The van der Waals surface area contributed by atoms with Crippen molar-refractivity contribution < 1.29 is 24.3 Å². The van der Waals surface area contributed by atoms with Gasteiger partial charge in [-0.3, -0.25) is 19.2 Å². The molecule has 6 N–H and O–H groups in total. The lowest BCUT2D eigenvalue weighted by Crippen LogP contribution is -2.56. The number of hydrogen-bond acceptors (Lipinski definition) is 5. The van der Waals surface area contributed by atoms with E-state index in [1.807, 2.05) is 27.7 Å². The smallest absolute Gasteiger partial charge is 0.322 e. The number of nitrogens with two attached hydrogens (primary N) is 1. The van der Waals surface area contributed by atoms with E-state index < -0.39 is 42.3 Å². The largest absolute Gasteiger partial charge is 0.480 e. The molecule has 0 saturated carbocycles. The predicted octanol–water partition coefficient (Wildman–Crippen LogP) is -0.792. The monoisotopic (exact) mass is 358 g/mol. The zero-order chi connectivity index (χ0) is 19.6. The first-order valence-corrected chi connectivity index (χ1v) is 8.46. The van der Waals surface area contributed by atoms with Crippen molar-refractivity contribution in [3.8, 4) is 0 Å². The van der Waals surface area contributed by atoms with Crippen LogP contribution in [0, 0.1) is 11.8 Å². The number of nitrogens with one attached hydrogen (secondary N) is 3. The summed E-state index contributed by atoms with van der Waals surface area (Å²) in [4.78, 5) is 46.4. The van der Waals surface area contributed by atoms with Crippen molar-refractivity contribution in [1.29, 1.82) is 0 Å². The number of amides is 3. The van der Waals surface area contributed by atoms with E-state index in [1.165, 1.54) is 0 Å². The second-order valence-electron chi connectivity index (χ2n) is 6.17. The fourth-order valence-electron chi connectivity index (χ4n) is 1.98. The molecule has 9 heteroatoms. The number of carbonyl (C=O) groups excluding carboxylic acids is 3. The SMILES string of the molecule is CC[C@H](C)[C@H](N)C(=O)N[C@H](C(=O)NCC(=O)NCC(=O)O)[C@@H](C)CC. The summed E-state index contributed by atoms with van der Waals surface area (Å²) in [6.07, 6.45) is 1.38. The van der Waals surface area contributed by atoms with E-state index in [4.69, 9.17) is 10.8 Å². The van der Waals surface area contributed by atoms with Gasteiger partial charge in [0.1, 0.15) is 12.6 Å². The number of rotatable bonds is 11. The van der Waals surface area contributed by atoms with Crippen molar-refractivity contribution in [2.24, 2.45) is 17.6 Å². The Labute approximate surface area is 148 Å². The van der Waals surface area contributed by atoms with Crippen LogP contribution in [0.4, 0.5) is 0 Å². The molecular formula is C16H30N4O5. The Kier molecular flexibility index (Phi) is 10.4. The first-order chi connectivity index (χ1) is 11.6. The molecule has 0 unspecified atom stereocenters. The molecule has 3 amide bonds. The zero-order valence-electron chi connectivity index (χ0n) is 15.3. The first kappa shape index (κ1) is 22.8. The lowest BCUT2D eigenvalue weighted by atomic mass is 9.95. The van der Waals surface area contributed by atoms with E-state index in [0.717, 1.165) is 6.42 Å². The lowest BCUT2D eigenvalue weighted by molar-refractivity contribution is -0.138. The van der Waals surface area contributed by atoms with Gasteiger partial charge in [0, 0.05) is 0 Å². The number of carboxylic acids is 1. The number of carbonyl (C=O) groups is 4.